The number of likely N-dealkylation sites (N-methyl/N-ethyl adjacent to an activating group) is 1. The summed E-state index contributed by atoms with van der Waals surface area (Å²) in [5, 5.41) is 4.47. The maximum absolute atomic E-state index is 12.8. The first kappa shape index (κ1) is 20.3. The van der Waals surface area contributed by atoms with Crippen molar-refractivity contribution in [1.82, 2.24) is 14.7 Å². The maximum Gasteiger partial charge on any atom is 0.342 e. The van der Waals surface area contributed by atoms with Gasteiger partial charge in [-0.2, -0.15) is 5.10 Å². The van der Waals surface area contributed by atoms with Crippen LogP contribution in [0, 0.1) is 13.8 Å². The quantitative estimate of drug-likeness (QED) is 0.601. The number of rotatable bonds is 6. The highest BCUT2D eigenvalue weighted by molar-refractivity contribution is 5.94. The number of nitrogens with zero attached hydrogens (tertiary/aromatic N) is 3. The topological polar surface area (TPSA) is 64.4 Å². The highest BCUT2D eigenvalue weighted by Crippen LogP contribution is 2.19. The van der Waals surface area contributed by atoms with Crippen LogP contribution in [-0.4, -0.2) is 39.7 Å². The molecule has 0 N–H and O–H groups in total. The molecule has 1 amide bonds. The minimum atomic E-state index is -0.893. The highest BCUT2D eigenvalue weighted by atomic mass is 16.5. The average molecular weight is 391 g/mol. The van der Waals surface area contributed by atoms with Crippen LogP contribution in [0.5, 0.6) is 0 Å². The summed E-state index contributed by atoms with van der Waals surface area (Å²) in [5.74, 6) is -0.802. The Bertz CT molecular complexity index is 997. The van der Waals surface area contributed by atoms with Crippen LogP contribution in [0.25, 0.3) is 5.69 Å². The van der Waals surface area contributed by atoms with E-state index in [2.05, 4.69) is 5.10 Å². The summed E-state index contributed by atoms with van der Waals surface area (Å²) in [5.41, 5.74) is 3.50. The van der Waals surface area contributed by atoms with Gasteiger partial charge in [0.05, 0.1) is 17.1 Å². The number of ether oxygens (including phenoxy) is 1. The summed E-state index contributed by atoms with van der Waals surface area (Å²) in [7, 11) is 1.70. The Hall–Kier alpha value is -3.41. The Kier molecular flexibility index (Phi) is 6.12. The van der Waals surface area contributed by atoms with Gasteiger partial charge in [0.1, 0.15) is 5.56 Å². The molecule has 29 heavy (non-hydrogen) atoms. The van der Waals surface area contributed by atoms with Gasteiger partial charge in [0, 0.05) is 13.6 Å². The van der Waals surface area contributed by atoms with Gasteiger partial charge in [-0.3, -0.25) is 4.79 Å². The molecule has 1 heterocycles. The Labute approximate surface area is 170 Å². The third-order valence-electron chi connectivity index (χ3n) is 4.77. The van der Waals surface area contributed by atoms with Crippen LogP contribution >= 0.6 is 0 Å². The number of carbonyl (C=O) groups excluding carboxylic acids is 2. The van der Waals surface area contributed by atoms with E-state index < -0.39 is 12.1 Å². The third kappa shape index (κ3) is 4.54. The van der Waals surface area contributed by atoms with Gasteiger partial charge in [-0.25, -0.2) is 9.48 Å². The molecule has 3 rings (SSSR count). The van der Waals surface area contributed by atoms with Gasteiger partial charge in [-0.15, -0.1) is 0 Å². The number of hydrogen-bond donors (Lipinski definition) is 0. The van der Waals surface area contributed by atoms with Crippen molar-refractivity contribution < 1.29 is 14.3 Å². The zero-order valence-corrected chi connectivity index (χ0v) is 17.1. The van der Waals surface area contributed by atoms with Crippen molar-refractivity contribution in [2.45, 2.75) is 33.4 Å². The lowest BCUT2D eigenvalue weighted by molar-refractivity contribution is -0.139. The predicted octanol–water partition coefficient (Wildman–Crippen LogP) is 3.69. The SMILES string of the molecule is Cc1nn(-c2ccccc2)c(C)c1C(=O)OC(C)C(=O)N(C)Cc1ccccc1. The van der Waals surface area contributed by atoms with Gasteiger partial charge >= 0.3 is 5.97 Å². The molecule has 0 spiro atoms. The molecule has 6 nitrogen and oxygen atoms in total. The van der Waals surface area contributed by atoms with E-state index in [1.807, 2.05) is 67.6 Å². The Morgan fingerprint density at radius 3 is 2.24 bits per heavy atom. The van der Waals surface area contributed by atoms with Gasteiger partial charge in [0.15, 0.2) is 6.10 Å². The lowest BCUT2D eigenvalue weighted by Gasteiger charge is -2.21. The largest absolute Gasteiger partial charge is 0.449 e. The smallest absolute Gasteiger partial charge is 0.342 e. The molecular weight excluding hydrogens is 366 g/mol. The number of esters is 1. The lowest BCUT2D eigenvalue weighted by Crippen LogP contribution is -2.37. The van der Waals surface area contributed by atoms with E-state index in [4.69, 9.17) is 4.74 Å². The molecule has 1 aromatic heterocycles. The zero-order valence-electron chi connectivity index (χ0n) is 17.1. The monoisotopic (exact) mass is 391 g/mol. The normalized spacial score (nSPS) is 11.7. The zero-order chi connectivity index (χ0) is 21.0. The minimum absolute atomic E-state index is 0.257. The van der Waals surface area contributed by atoms with Crippen LogP contribution in [0.3, 0.4) is 0 Å². The molecule has 0 saturated heterocycles. The number of hydrogen-bond acceptors (Lipinski definition) is 4. The van der Waals surface area contributed by atoms with Crippen molar-refractivity contribution in [1.29, 1.82) is 0 Å². The molecule has 2 aromatic carbocycles. The first-order chi connectivity index (χ1) is 13.9. The van der Waals surface area contributed by atoms with Crippen molar-refractivity contribution >= 4 is 11.9 Å². The van der Waals surface area contributed by atoms with E-state index in [0.717, 1.165) is 11.3 Å². The van der Waals surface area contributed by atoms with Gasteiger partial charge in [-0.05, 0) is 38.5 Å². The predicted molar refractivity (Wildman–Crippen MR) is 111 cm³/mol. The molecule has 0 radical (unpaired) electrons. The summed E-state index contributed by atoms with van der Waals surface area (Å²) in [6.45, 7) is 5.62. The van der Waals surface area contributed by atoms with Crippen LogP contribution in [0.15, 0.2) is 60.7 Å². The van der Waals surface area contributed by atoms with Crippen molar-refractivity contribution in [3.8, 4) is 5.69 Å². The van der Waals surface area contributed by atoms with E-state index >= 15 is 0 Å². The number of benzene rings is 2. The number of aromatic nitrogens is 2. The van der Waals surface area contributed by atoms with E-state index in [1.54, 1.807) is 30.5 Å². The number of aryl methyl sites for hydroxylation is 1. The fourth-order valence-electron chi connectivity index (χ4n) is 3.27. The van der Waals surface area contributed by atoms with Crippen molar-refractivity contribution in [2.75, 3.05) is 7.05 Å². The Balaban J connectivity index is 1.71. The minimum Gasteiger partial charge on any atom is -0.449 e. The Morgan fingerprint density at radius 2 is 1.62 bits per heavy atom. The molecule has 0 aliphatic carbocycles. The first-order valence-electron chi connectivity index (χ1n) is 9.50. The van der Waals surface area contributed by atoms with Crippen LogP contribution in [-0.2, 0) is 16.1 Å². The van der Waals surface area contributed by atoms with Crippen LogP contribution in [0.2, 0.25) is 0 Å². The van der Waals surface area contributed by atoms with E-state index in [1.165, 1.54) is 0 Å². The molecule has 3 aromatic rings. The number of amides is 1. The highest BCUT2D eigenvalue weighted by Gasteiger charge is 2.26. The molecular formula is C23H25N3O3. The molecule has 0 aliphatic heterocycles. The standard InChI is InChI=1S/C23H25N3O3/c1-16-21(17(2)26(24-16)20-13-9-6-10-14-20)23(28)29-18(3)22(27)25(4)15-19-11-7-5-8-12-19/h5-14,18H,15H2,1-4H3. The summed E-state index contributed by atoms with van der Waals surface area (Å²) < 4.78 is 7.19. The second-order valence-electron chi connectivity index (χ2n) is 7.02. The molecule has 0 fully saturated rings. The molecule has 1 unspecified atom stereocenters. The summed E-state index contributed by atoms with van der Waals surface area (Å²) in [4.78, 5) is 27.0. The first-order valence-corrected chi connectivity index (χ1v) is 9.50. The van der Waals surface area contributed by atoms with Crippen molar-refractivity contribution in [2.24, 2.45) is 0 Å². The second kappa shape index (κ2) is 8.73. The van der Waals surface area contributed by atoms with E-state index in [-0.39, 0.29) is 5.91 Å². The third-order valence-corrected chi connectivity index (χ3v) is 4.77. The molecule has 0 saturated carbocycles. The summed E-state index contributed by atoms with van der Waals surface area (Å²) in [6.07, 6.45) is -0.893. The second-order valence-corrected chi connectivity index (χ2v) is 7.02. The molecule has 150 valence electrons. The van der Waals surface area contributed by atoms with E-state index in [9.17, 15) is 9.59 Å². The van der Waals surface area contributed by atoms with Gasteiger partial charge in [0.2, 0.25) is 0 Å². The van der Waals surface area contributed by atoms with Crippen molar-refractivity contribution in [3.05, 3.63) is 83.2 Å². The van der Waals surface area contributed by atoms with Crippen LogP contribution < -0.4 is 0 Å². The maximum atomic E-state index is 12.8. The molecule has 0 bridgehead atoms. The molecule has 1 atom stereocenters. The Morgan fingerprint density at radius 1 is 1.03 bits per heavy atom. The number of para-hydroxylation sites is 1. The summed E-state index contributed by atoms with van der Waals surface area (Å²) in [6, 6.07) is 19.2. The molecule has 6 heteroatoms. The van der Waals surface area contributed by atoms with Gasteiger partial charge in [-0.1, -0.05) is 48.5 Å². The van der Waals surface area contributed by atoms with Crippen molar-refractivity contribution in [3.63, 3.8) is 0 Å². The summed E-state index contributed by atoms with van der Waals surface area (Å²) >= 11 is 0. The van der Waals surface area contributed by atoms with Crippen LogP contribution in [0.1, 0.15) is 34.2 Å². The lowest BCUT2D eigenvalue weighted by atomic mass is 10.2. The van der Waals surface area contributed by atoms with Crippen LogP contribution in [0.4, 0.5) is 0 Å². The fraction of sp³-hybridized carbons (Fsp3) is 0.261. The van der Waals surface area contributed by atoms with E-state index in [0.29, 0.717) is 23.5 Å². The fourth-order valence-corrected chi connectivity index (χ4v) is 3.27. The van der Waals surface area contributed by atoms with Gasteiger partial charge in [0.25, 0.3) is 5.91 Å². The number of carbonyl (C=O) groups is 2. The van der Waals surface area contributed by atoms with Gasteiger partial charge < -0.3 is 9.64 Å². The average Bonchev–Trinajstić information content (AvgIpc) is 3.02. The molecule has 0 aliphatic rings.